The van der Waals surface area contributed by atoms with Gasteiger partial charge in [0.15, 0.2) is 0 Å². The largest absolute Gasteiger partial charge is 0.347 e. The average Bonchev–Trinajstić information content (AvgIpc) is 3.26. The molecule has 0 radical (unpaired) electrons. The second-order valence-corrected chi connectivity index (χ2v) is 6.94. The first-order valence-electron chi connectivity index (χ1n) is 9.20. The van der Waals surface area contributed by atoms with E-state index >= 15 is 0 Å². The van der Waals surface area contributed by atoms with Crippen LogP contribution in [-0.4, -0.2) is 32.6 Å². The summed E-state index contributed by atoms with van der Waals surface area (Å²) in [5.74, 6) is -0.334. The molecule has 2 N–H and O–H groups in total. The number of amides is 2. The first-order chi connectivity index (χ1) is 13.6. The van der Waals surface area contributed by atoms with Crippen LogP contribution in [0, 0.1) is 6.92 Å². The maximum absolute atomic E-state index is 12.4. The minimum absolute atomic E-state index is 0.0453. The summed E-state index contributed by atoms with van der Waals surface area (Å²) in [6.07, 6.45) is 3.89. The number of benzene rings is 1. The number of hydrogen-bond acceptors (Lipinski definition) is 4. The van der Waals surface area contributed by atoms with Crippen molar-refractivity contribution in [3.05, 3.63) is 82.9 Å². The number of pyridine rings is 1. The van der Waals surface area contributed by atoms with Gasteiger partial charge >= 0.3 is 0 Å². The molecule has 0 saturated heterocycles. The summed E-state index contributed by atoms with van der Waals surface area (Å²) in [5.41, 5.74) is 3.85. The number of carbonyl (C=O) groups is 2. The van der Waals surface area contributed by atoms with Crippen LogP contribution in [0.4, 0.5) is 0 Å². The fourth-order valence-electron chi connectivity index (χ4n) is 3.34. The Bertz CT molecular complexity index is 989. The van der Waals surface area contributed by atoms with Gasteiger partial charge in [-0.3, -0.25) is 19.3 Å². The predicted octanol–water partition coefficient (Wildman–Crippen LogP) is 1.87. The summed E-state index contributed by atoms with van der Waals surface area (Å²) < 4.78 is 1.79. The van der Waals surface area contributed by atoms with Gasteiger partial charge in [0, 0.05) is 31.1 Å². The zero-order chi connectivity index (χ0) is 19.5. The van der Waals surface area contributed by atoms with E-state index in [9.17, 15) is 9.59 Å². The molecule has 28 heavy (non-hydrogen) atoms. The second kappa shape index (κ2) is 7.64. The van der Waals surface area contributed by atoms with Crippen LogP contribution in [0.25, 0.3) is 0 Å². The Kier molecular flexibility index (Phi) is 4.89. The Labute approximate surface area is 162 Å². The molecule has 1 atom stereocenters. The van der Waals surface area contributed by atoms with E-state index in [1.807, 2.05) is 43.3 Å². The minimum atomic E-state index is -0.197. The Morgan fingerprint density at radius 3 is 2.75 bits per heavy atom. The molecule has 1 aliphatic heterocycles. The molecule has 2 amide bonds. The highest BCUT2D eigenvalue weighted by Crippen LogP contribution is 2.17. The highest BCUT2D eigenvalue weighted by atomic mass is 16.2. The van der Waals surface area contributed by atoms with E-state index < -0.39 is 0 Å². The molecule has 3 aromatic rings. The van der Waals surface area contributed by atoms with Gasteiger partial charge in [0.05, 0.1) is 18.2 Å². The van der Waals surface area contributed by atoms with Gasteiger partial charge in [-0.25, -0.2) is 0 Å². The van der Waals surface area contributed by atoms with Crippen molar-refractivity contribution < 1.29 is 9.59 Å². The summed E-state index contributed by atoms with van der Waals surface area (Å²) in [6, 6.07) is 13.3. The van der Waals surface area contributed by atoms with Crippen LogP contribution >= 0.6 is 0 Å². The zero-order valence-electron chi connectivity index (χ0n) is 15.6. The quantitative estimate of drug-likeness (QED) is 0.713. The van der Waals surface area contributed by atoms with Crippen molar-refractivity contribution in [1.82, 2.24) is 25.4 Å². The summed E-state index contributed by atoms with van der Waals surface area (Å²) in [5, 5.41) is 10.3. The van der Waals surface area contributed by atoms with Crippen LogP contribution in [0.15, 0.2) is 54.9 Å². The van der Waals surface area contributed by atoms with Crippen molar-refractivity contribution in [2.24, 2.45) is 0 Å². The van der Waals surface area contributed by atoms with E-state index in [1.54, 1.807) is 23.1 Å². The number of aryl methyl sites for hydroxylation is 1. The van der Waals surface area contributed by atoms with Crippen molar-refractivity contribution in [2.75, 3.05) is 0 Å². The standard InChI is InChI=1S/C21H21N5O2/c1-14-7-8-22-12-18(14)20(27)24-16-9-17-10-19(25-26(17)13-16)21(28)23-11-15-5-3-2-4-6-15/h2-8,10,12,16H,9,11,13H2,1H3,(H,23,28)(H,24,27)/t16-/m0/s1. The van der Waals surface area contributed by atoms with E-state index in [2.05, 4.69) is 20.7 Å². The summed E-state index contributed by atoms with van der Waals surface area (Å²) in [7, 11) is 0. The molecular formula is C21H21N5O2. The maximum atomic E-state index is 12.4. The molecule has 1 aromatic carbocycles. The minimum Gasteiger partial charge on any atom is -0.347 e. The SMILES string of the molecule is Cc1ccncc1C(=O)N[C@H]1Cc2cc(C(=O)NCc3ccccc3)nn2C1. The van der Waals surface area contributed by atoms with E-state index in [0.717, 1.165) is 16.8 Å². The van der Waals surface area contributed by atoms with Crippen molar-refractivity contribution in [3.8, 4) is 0 Å². The van der Waals surface area contributed by atoms with Crippen molar-refractivity contribution in [3.63, 3.8) is 0 Å². The molecule has 0 spiro atoms. The van der Waals surface area contributed by atoms with E-state index in [-0.39, 0.29) is 17.9 Å². The Hall–Kier alpha value is -3.48. The molecule has 7 heteroatoms. The average molecular weight is 375 g/mol. The van der Waals surface area contributed by atoms with Gasteiger partial charge in [-0.1, -0.05) is 30.3 Å². The van der Waals surface area contributed by atoms with Gasteiger partial charge in [-0.15, -0.1) is 0 Å². The normalized spacial score (nSPS) is 15.1. The van der Waals surface area contributed by atoms with Crippen LogP contribution in [-0.2, 0) is 19.5 Å². The monoisotopic (exact) mass is 375 g/mol. The number of hydrogen-bond donors (Lipinski definition) is 2. The van der Waals surface area contributed by atoms with Gasteiger partial charge < -0.3 is 10.6 Å². The van der Waals surface area contributed by atoms with Crippen LogP contribution in [0.3, 0.4) is 0 Å². The van der Waals surface area contributed by atoms with Crippen LogP contribution in [0.5, 0.6) is 0 Å². The highest BCUT2D eigenvalue weighted by molar-refractivity contribution is 5.95. The lowest BCUT2D eigenvalue weighted by Crippen LogP contribution is -2.36. The third-order valence-corrected chi connectivity index (χ3v) is 4.86. The lowest BCUT2D eigenvalue weighted by Gasteiger charge is -2.12. The number of aromatic nitrogens is 3. The van der Waals surface area contributed by atoms with E-state index in [0.29, 0.717) is 30.8 Å². The van der Waals surface area contributed by atoms with Gasteiger partial charge in [0.1, 0.15) is 5.69 Å². The number of fused-ring (bicyclic) bond motifs is 1. The molecular weight excluding hydrogens is 354 g/mol. The van der Waals surface area contributed by atoms with Crippen LogP contribution < -0.4 is 10.6 Å². The number of nitrogens with zero attached hydrogens (tertiary/aromatic N) is 3. The van der Waals surface area contributed by atoms with E-state index in [4.69, 9.17) is 0 Å². The van der Waals surface area contributed by atoms with Crippen LogP contribution in [0.1, 0.15) is 37.7 Å². The Morgan fingerprint density at radius 1 is 1.18 bits per heavy atom. The molecule has 7 nitrogen and oxygen atoms in total. The van der Waals surface area contributed by atoms with Gasteiger partial charge in [-0.05, 0) is 30.2 Å². The smallest absolute Gasteiger partial charge is 0.272 e. The molecule has 0 fully saturated rings. The first-order valence-corrected chi connectivity index (χ1v) is 9.20. The molecule has 0 unspecified atom stereocenters. The van der Waals surface area contributed by atoms with Crippen molar-refractivity contribution in [2.45, 2.75) is 32.5 Å². The molecule has 142 valence electrons. The topological polar surface area (TPSA) is 88.9 Å². The molecule has 3 heterocycles. The predicted molar refractivity (Wildman–Crippen MR) is 104 cm³/mol. The van der Waals surface area contributed by atoms with Gasteiger partial charge in [-0.2, -0.15) is 5.10 Å². The second-order valence-electron chi connectivity index (χ2n) is 6.94. The van der Waals surface area contributed by atoms with E-state index in [1.165, 1.54) is 0 Å². The third-order valence-electron chi connectivity index (χ3n) is 4.86. The number of rotatable bonds is 5. The summed E-state index contributed by atoms with van der Waals surface area (Å²) >= 11 is 0. The molecule has 2 aromatic heterocycles. The lowest BCUT2D eigenvalue weighted by atomic mass is 10.1. The maximum Gasteiger partial charge on any atom is 0.272 e. The van der Waals surface area contributed by atoms with Crippen molar-refractivity contribution in [1.29, 1.82) is 0 Å². The zero-order valence-corrected chi connectivity index (χ0v) is 15.6. The number of nitrogens with one attached hydrogen (secondary N) is 2. The molecule has 0 saturated carbocycles. The Morgan fingerprint density at radius 2 is 2.00 bits per heavy atom. The number of carbonyl (C=O) groups excluding carboxylic acids is 2. The van der Waals surface area contributed by atoms with Gasteiger partial charge in [0.2, 0.25) is 0 Å². The first kappa shape index (κ1) is 17.9. The van der Waals surface area contributed by atoms with Crippen LogP contribution in [0.2, 0.25) is 0 Å². The highest BCUT2D eigenvalue weighted by Gasteiger charge is 2.27. The molecule has 1 aliphatic rings. The molecule has 0 bridgehead atoms. The molecule has 4 rings (SSSR count). The Balaban J connectivity index is 1.34. The summed E-state index contributed by atoms with van der Waals surface area (Å²) in [4.78, 5) is 28.8. The van der Waals surface area contributed by atoms with Gasteiger partial charge in [0.25, 0.3) is 11.8 Å². The van der Waals surface area contributed by atoms with Crippen molar-refractivity contribution >= 4 is 11.8 Å². The fourth-order valence-corrected chi connectivity index (χ4v) is 3.34. The molecule has 0 aliphatic carbocycles. The third kappa shape index (κ3) is 3.78. The summed E-state index contributed by atoms with van der Waals surface area (Å²) in [6.45, 7) is 2.90. The fraction of sp³-hybridized carbons (Fsp3) is 0.238. The lowest BCUT2D eigenvalue weighted by molar-refractivity contribution is 0.0926.